The summed E-state index contributed by atoms with van der Waals surface area (Å²) in [7, 11) is -4.03. The van der Waals surface area contributed by atoms with Crippen LogP contribution in [0.4, 0.5) is 28.9 Å². The highest BCUT2D eigenvalue weighted by atomic mass is 32.2. The van der Waals surface area contributed by atoms with Gasteiger partial charge in [-0.05, 0) is 37.3 Å². The molecule has 0 heterocycles. The molecule has 10 heteroatoms. The molecule has 1 unspecified atom stereocenters. The highest BCUT2D eigenvalue weighted by molar-refractivity contribution is 7.92. The van der Waals surface area contributed by atoms with Crippen LogP contribution in [0.2, 0.25) is 0 Å². The molecule has 0 aliphatic carbocycles. The van der Waals surface area contributed by atoms with Crippen molar-refractivity contribution in [3.8, 4) is 0 Å². The minimum atomic E-state index is -4.70. The number of para-hydroxylation sites is 1. The van der Waals surface area contributed by atoms with Crippen LogP contribution in [0, 0.1) is 5.82 Å². The summed E-state index contributed by atoms with van der Waals surface area (Å²) < 4.78 is 77.5. The molecule has 2 aromatic rings. The fraction of sp³-hybridized carbons (Fsp3) is 0.235. The van der Waals surface area contributed by atoms with Crippen molar-refractivity contribution >= 4 is 27.3 Å². The van der Waals surface area contributed by atoms with Crippen LogP contribution in [0.5, 0.6) is 0 Å². The fourth-order valence-corrected chi connectivity index (χ4v) is 3.67. The summed E-state index contributed by atoms with van der Waals surface area (Å²) in [6.45, 7) is 1.19. The fourth-order valence-electron chi connectivity index (χ4n) is 2.50. The average molecular weight is 404 g/mol. The van der Waals surface area contributed by atoms with Gasteiger partial charge in [-0.3, -0.25) is 9.10 Å². The molecule has 2 aromatic carbocycles. The Hall–Kier alpha value is -2.62. The Morgan fingerprint density at radius 3 is 2.30 bits per heavy atom. The summed E-state index contributed by atoms with van der Waals surface area (Å²) in [5.74, 6) is -1.72. The van der Waals surface area contributed by atoms with Gasteiger partial charge in [-0.25, -0.2) is 12.8 Å². The highest BCUT2D eigenvalue weighted by Crippen LogP contribution is 2.34. The second-order valence-electron chi connectivity index (χ2n) is 5.75. The molecule has 1 N–H and O–H groups in total. The molecule has 0 aliphatic rings. The topological polar surface area (TPSA) is 66.5 Å². The van der Waals surface area contributed by atoms with Crippen LogP contribution in [0.3, 0.4) is 0 Å². The monoisotopic (exact) mass is 404 g/mol. The number of alkyl halides is 3. The van der Waals surface area contributed by atoms with Gasteiger partial charge in [0.1, 0.15) is 11.9 Å². The number of amides is 1. The third kappa shape index (κ3) is 4.97. The minimum absolute atomic E-state index is 0.121. The molecular weight excluding hydrogens is 388 g/mol. The molecule has 0 bridgehead atoms. The zero-order valence-corrected chi connectivity index (χ0v) is 15.1. The molecule has 0 aliphatic heterocycles. The molecule has 1 amide bonds. The van der Waals surface area contributed by atoms with Gasteiger partial charge in [0.2, 0.25) is 15.9 Å². The van der Waals surface area contributed by atoms with E-state index in [2.05, 4.69) is 5.32 Å². The first-order valence-corrected chi connectivity index (χ1v) is 9.48. The lowest BCUT2D eigenvalue weighted by molar-refractivity contribution is -0.137. The summed E-state index contributed by atoms with van der Waals surface area (Å²) in [5, 5.41) is 2.09. The van der Waals surface area contributed by atoms with Crippen LogP contribution in [0.1, 0.15) is 12.5 Å². The Morgan fingerprint density at radius 1 is 1.11 bits per heavy atom. The van der Waals surface area contributed by atoms with Crippen LogP contribution in [-0.2, 0) is 21.0 Å². The van der Waals surface area contributed by atoms with Gasteiger partial charge in [0.15, 0.2) is 0 Å². The Balaban J connectivity index is 2.38. The molecule has 2 rings (SSSR count). The molecule has 5 nitrogen and oxygen atoms in total. The largest absolute Gasteiger partial charge is 0.418 e. The second kappa shape index (κ2) is 7.55. The van der Waals surface area contributed by atoms with E-state index in [1.165, 1.54) is 25.1 Å². The zero-order chi connectivity index (χ0) is 20.4. The number of benzene rings is 2. The normalized spacial score (nSPS) is 13.1. The molecule has 0 radical (unpaired) electrons. The van der Waals surface area contributed by atoms with Gasteiger partial charge < -0.3 is 5.32 Å². The van der Waals surface area contributed by atoms with E-state index < -0.39 is 45.2 Å². The summed E-state index contributed by atoms with van der Waals surface area (Å²) in [4.78, 5) is 12.5. The summed E-state index contributed by atoms with van der Waals surface area (Å²) >= 11 is 0. The van der Waals surface area contributed by atoms with Crippen molar-refractivity contribution in [2.24, 2.45) is 0 Å². The number of carbonyl (C=O) groups is 1. The maximum Gasteiger partial charge on any atom is 0.418 e. The predicted molar refractivity (Wildman–Crippen MR) is 93.3 cm³/mol. The summed E-state index contributed by atoms with van der Waals surface area (Å²) in [5.41, 5.74) is -1.69. The highest BCUT2D eigenvalue weighted by Gasteiger charge is 2.35. The van der Waals surface area contributed by atoms with Gasteiger partial charge in [0.25, 0.3) is 0 Å². The van der Waals surface area contributed by atoms with E-state index in [1.807, 2.05) is 0 Å². The molecule has 27 heavy (non-hydrogen) atoms. The number of hydrogen-bond donors (Lipinski definition) is 1. The van der Waals surface area contributed by atoms with Crippen LogP contribution < -0.4 is 9.62 Å². The van der Waals surface area contributed by atoms with Crippen molar-refractivity contribution in [1.82, 2.24) is 0 Å². The number of rotatable bonds is 5. The number of halogens is 4. The number of sulfonamides is 1. The van der Waals surface area contributed by atoms with E-state index in [1.54, 1.807) is 0 Å². The average Bonchev–Trinajstić information content (AvgIpc) is 2.53. The molecule has 0 fully saturated rings. The van der Waals surface area contributed by atoms with E-state index in [9.17, 15) is 30.8 Å². The summed E-state index contributed by atoms with van der Waals surface area (Å²) in [6.07, 6.45) is -3.89. The van der Waals surface area contributed by atoms with E-state index in [0.717, 1.165) is 36.6 Å². The standard InChI is InChI=1S/C17H16F4N2O3S/c1-11(23(27(2,25)26)13-7-5-6-12(18)10-13)16(24)22-15-9-4-3-8-14(15)17(19,20)21/h3-11H,1-2H3,(H,22,24). The minimum Gasteiger partial charge on any atom is -0.324 e. The van der Waals surface area contributed by atoms with E-state index in [-0.39, 0.29) is 5.69 Å². The van der Waals surface area contributed by atoms with Crippen molar-refractivity contribution in [2.45, 2.75) is 19.1 Å². The Labute approximate surface area is 153 Å². The van der Waals surface area contributed by atoms with Gasteiger partial charge >= 0.3 is 6.18 Å². The SMILES string of the molecule is CC(C(=O)Nc1ccccc1C(F)(F)F)N(c1cccc(F)c1)S(C)(=O)=O. The third-order valence-electron chi connectivity index (χ3n) is 3.64. The Kier molecular flexibility index (Phi) is 5.79. The molecular formula is C17H16F4N2O3S. The van der Waals surface area contributed by atoms with Gasteiger partial charge in [-0.2, -0.15) is 13.2 Å². The Bertz CT molecular complexity index is 945. The smallest absolute Gasteiger partial charge is 0.324 e. The maximum atomic E-state index is 13.5. The maximum absolute atomic E-state index is 13.5. The van der Waals surface area contributed by atoms with E-state index in [4.69, 9.17) is 0 Å². The molecule has 146 valence electrons. The lowest BCUT2D eigenvalue weighted by atomic mass is 10.1. The first kappa shape index (κ1) is 20.7. The molecule has 0 saturated heterocycles. The third-order valence-corrected chi connectivity index (χ3v) is 4.88. The lowest BCUT2D eigenvalue weighted by Gasteiger charge is -2.28. The zero-order valence-electron chi connectivity index (χ0n) is 14.3. The Morgan fingerprint density at radius 2 is 1.74 bits per heavy atom. The van der Waals surface area contributed by atoms with Gasteiger partial charge in [-0.15, -0.1) is 0 Å². The van der Waals surface area contributed by atoms with Crippen molar-refractivity contribution in [3.05, 3.63) is 59.9 Å². The molecule has 0 aromatic heterocycles. The van der Waals surface area contributed by atoms with E-state index >= 15 is 0 Å². The predicted octanol–water partition coefficient (Wildman–Crippen LogP) is 3.64. The van der Waals surface area contributed by atoms with Crippen molar-refractivity contribution in [1.29, 1.82) is 0 Å². The van der Waals surface area contributed by atoms with Crippen LogP contribution in [0.15, 0.2) is 48.5 Å². The number of nitrogens with zero attached hydrogens (tertiary/aromatic N) is 1. The number of nitrogens with one attached hydrogen (secondary N) is 1. The van der Waals surface area contributed by atoms with Crippen LogP contribution in [0.25, 0.3) is 0 Å². The second-order valence-corrected chi connectivity index (χ2v) is 7.61. The number of carbonyl (C=O) groups excluding carboxylic acids is 1. The number of anilines is 2. The van der Waals surface area contributed by atoms with E-state index in [0.29, 0.717) is 4.31 Å². The lowest BCUT2D eigenvalue weighted by Crippen LogP contribution is -2.45. The van der Waals surface area contributed by atoms with Gasteiger partial charge in [0, 0.05) is 0 Å². The first-order chi connectivity index (χ1) is 12.4. The summed E-state index contributed by atoms with van der Waals surface area (Å²) in [6, 6.07) is 7.42. The van der Waals surface area contributed by atoms with Crippen molar-refractivity contribution < 1.29 is 30.8 Å². The van der Waals surface area contributed by atoms with Crippen LogP contribution in [-0.4, -0.2) is 26.6 Å². The molecule has 0 saturated carbocycles. The van der Waals surface area contributed by atoms with Crippen molar-refractivity contribution in [3.63, 3.8) is 0 Å². The van der Waals surface area contributed by atoms with Crippen molar-refractivity contribution in [2.75, 3.05) is 15.9 Å². The quantitative estimate of drug-likeness (QED) is 0.774. The first-order valence-electron chi connectivity index (χ1n) is 7.63. The molecule has 0 spiro atoms. The van der Waals surface area contributed by atoms with Crippen LogP contribution >= 0.6 is 0 Å². The van der Waals surface area contributed by atoms with Gasteiger partial charge in [0.05, 0.1) is 23.2 Å². The number of hydrogen-bond acceptors (Lipinski definition) is 3. The molecule has 1 atom stereocenters. The van der Waals surface area contributed by atoms with Gasteiger partial charge in [-0.1, -0.05) is 18.2 Å².